The van der Waals surface area contributed by atoms with Crippen LogP contribution in [-0.2, 0) is 22.8 Å². The van der Waals surface area contributed by atoms with E-state index in [-0.39, 0.29) is 40.6 Å². The van der Waals surface area contributed by atoms with Gasteiger partial charge in [-0.1, -0.05) is 13.8 Å². The van der Waals surface area contributed by atoms with Crippen LogP contribution in [-0.4, -0.2) is 48.6 Å². The van der Waals surface area contributed by atoms with Crippen molar-refractivity contribution < 1.29 is 8.42 Å². The van der Waals surface area contributed by atoms with Gasteiger partial charge in [0.1, 0.15) is 5.52 Å². The Morgan fingerprint density at radius 3 is 2.46 bits per heavy atom. The first-order chi connectivity index (χ1) is 18.6. The van der Waals surface area contributed by atoms with Gasteiger partial charge in [-0.05, 0) is 45.2 Å². The number of nitrogens with one attached hydrogen (secondary N) is 1. The Balaban J connectivity index is 1.53. The highest BCUT2D eigenvalue weighted by Crippen LogP contribution is 2.44. The van der Waals surface area contributed by atoms with E-state index in [0.717, 1.165) is 29.8 Å². The fourth-order valence-electron chi connectivity index (χ4n) is 4.45. The number of anilines is 2. The minimum absolute atomic E-state index is 0.00117. The molecule has 4 heterocycles. The molecule has 0 aliphatic heterocycles. The second-order valence-electron chi connectivity index (χ2n) is 9.79. The van der Waals surface area contributed by atoms with E-state index < -0.39 is 9.84 Å². The smallest absolute Gasteiger partial charge is 0.295 e. The third-order valence-electron chi connectivity index (χ3n) is 6.67. The van der Waals surface area contributed by atoms with Gasteiger partial charge in [0.15, 0.2) is 27.1 Å². The summed E-state index contributed by atoms with van der Waals surface area (Å²) >= 11 is 0. The van der Waals surface area contributed by atoms with Crippen LogP contribution in [0.4, 0.5) is 11.8 Å². The number of sulfone groups is 1. The van der Waals surface area contributed by atoms with Gasteiger partial charge in [-0.2, -0.15) is 0 Å². The molecule has 39 heavy (non-hydrogen) atoms. The number of nitrogens with zero attached hydrogens (tertiary/aromatic N) is 7. The summed E-state index contributed by atoms with van der Waals surface area (Å²) in [7, 11) is -3.34. The molecule has 1 fully saturated rings. The average Bonchev–Trinajstić information content (AvgIpc) is 3.77. The van der Waals surface area contributed by atoms with Crippen molar-refractivity contribution in [3.8, 4) is 11.4 Å². The van der Waals surface area contributed by atoms with Gasteiger partial charge >= 0.3 is 0 Å². The highest BCUT2D eigenvalue weighted by atomic mass is 32.2. The Morgan fingerprint density at radius 1 is 1.08 bits per heavy atom. The van der Waals surface area contributed by atoms with Crippen LogP contribution < -0.4 is 16.6 Å². The van der Waals surface area contributed by atoms with E-state index in [1.807, 2.05) is 20.8 Å². The quantitative estimate of drug-likeness (QED) is 0.314. The molecule has 0 unspecified atom stereocenters. The summed E-state index contributed by atoms with van der Waals surface area (Å²) in [5.41, 5.74) is 9.50. The number of nitrogen functional groups attached to an aromatic ring is 1. The Hall–Kier alpha value is -4.00. The number of hydrogen-bond acceptors (Lipinski definition) is 11. The molecule has 0 spiro atoms. The summed E-state index contributed by atoms with van der Waals surface area (Å²) in [6.07, 6.45) is 5.63. The molecule has 0 amide bonds. The van der Waals surface area contributed by atoms with E-state index in [0.29, 0.717) is 35.0 Å². The van der Waals surface area contributed by atoms with Crippen molar-refractivity contribution in [3.63, 3.8) is 0 Å². The first kappa shape index (κ1) is 26.6. The molecule has 4 aromatic rings. The molecule has 0 saturated heterocycles. The van der Waals surface area contributed by atoms with Crippen molar-refractivity contribution in [2.45, 2.75) is 70.4 Å². The molecule has 5 rings (SSSR count). The number of rotatable bonds is 9. The molecule has 0 atom stereocenters. The maximum Gasteiger partial charge on any atom is 0.295 e. The zero-order valence-electron chi connectivity index (χ0n) is 22.3. The molecule has 4 aromatic heterocycles. The van der Waals surface area contributed by atoms with Crippen LogP contribution in [0, 0.1) is 0 Å². The summed E-state index contributed by atoms with van der Waals surface area (Å²) < 4.78 is 25.7. The van der Waals surface area contributed by atoms with Crippen molar-refractivity contribution >= 4 is 32.8 Å². The molecule has 1 aliphatic carbocycles. The van der Waals surface area contributed by atoms with Gasteiger partial charge in [0.2, 0.25) is 5.95 Å². The molecule has 13 heteroatoms. The highest BCUT2D eigenvalue weighted by molar-refractivity contribution is 7.91. The molecule has 0 radical (unpaired) electrons. The van der Waals surface area contributed by atoms with Crippen LogP contribution in [0.5, 0.6) is 0 Å². The first-order valence-electron chi connectivity index (χ1n) is 13.0. The normalized spacial score (nSPS) is 13.8. The summed E-state index contributed by atoms with van der Waals surface area (Å²) in [5.74, 6) is 1.12. The molecule has 0 aromatic carbocycles. The molecular weight excluding hydrogens is 518 g/mol. The van der Waals surface area contributed by atoms with E-state index in [2.05, 4.69) is 30.2 Å². The maximum atomic E-state index is 13.5. The number of fused-ring (bicyclic) bond motifs is 1. The monoisotopic (exact) mass is 549 g/mol. The Labute approximate surface area is 226 Å². The van der Waals surface area contributed by atoms with Crippen LogP contribution in [0.15, 0.2) is 34.2 Å². The van der Waals surface area contributed by atoms with Gasteiger partial charge in [-0.15, -0.1) is 0 Å². The summed E-state index contributed by atoms with van der Waals surface area (Å²) in [6, 6.07) is 2.92. The molecule has 1 aliphatic rings. The maximum absolute atomic E-state index is 13.5. The van der Waals surface area contributed by atoms with Crippen LogP contribution in [0.3, 0.4) is 0 Å². The number of aromatic nitrogens is 7. The Bertz CT molecular complexity index is 1710. The lowest BCUT2D eigenvalue weighted by atomic mass is 10.1. The van der Waals surface area contributed by atoms with Gasteiger partial charge in [-0.3, -0.25) is 14.3 Å². The standard InChI is InChI=1S/C26H31N9O3S/c1-5-18-20(21(15-7-8-15)33-26(27)32-18)22-30-13-19-24(34-22)35(14(3)4)25(36)23(31-19)29-11-16-9-10-17(12-28-16)39(37,38)6-2/h9-10,12-15H,5-8,11H2,1-4H3,(H,29,31)(H2,27,32,33). The molecule has 204 valence electrons. The lowest BCUT2D eigenvalue weighted by molar-refractivity contribution is 0.593. The minimum Gasteiger partial charge on any atom is -0.368 e. The zero-order valence-corrected chi connectivity index (χ0v) is 23.2. The summed E-state index contributed by atoms with van der Waals surface area (Å²) in [5, 5.41) is 3.05. The number of aryl methyl sites for hydroxylation is 1. The van der Waals surface area contributed by atoms with Crippen LogP contribution in [0.25, 0.3) is 22.6 Å². The van der Waals surface area contributed by atoms with Crippen LogP contribution in [0.1, 0.15) is 69.6 Å². The van der Waals surface area contributed by atoms with E-state index in [1.54, 1.807) is 23.8 Å². The van der Waals surface area contributed by atoms with Gasteiger partial charge < -0.3 is 11.1 Å². The lowest BCUT2D eigenvalue weighted by Gasteiger charge is -2.17. The van der Waals surface area contributed by atoms with Crippen molar-refractivity contribution in [1.29, 1.82) is 0 Å². The van der Waals surface area contributed by atoms with E-state index in [1.165, 1.54) is 12.3 Å². The summed E-state index contributed by atoms with van der Waals surface area (Å²) in [4.78, 5) is 40.8. The fraction of sp³-hybridized carbons (Fsp3) is 0.423. The van der Waals surface area contributed by atoms with Crippen LogP contribution in [0.2, 0.25) is 0 Å². The predicted molar refractivity (Wildman–Crippen MR) is 148 cm³/mol. The largest absolute Gasteiger partial charge is 0.368 e. The van der Waals surface area contributed by atoms with Crippen molar-refractivity contribution in [1.82, 2.24) is 34.5 Å². The number of hydrogen-bond donors (Lipinski definition) is 2. The third-order valence-corrected chi connectivity index (χ3v) is 8.39. The molecule has 3 N–H and O–H groups in total. The molecule has 1 saturated carbocycles. The molecular formula is C26H31N9O3S. The van der Waals surface area contributed by atoms with Crippen LogP contribution >= 0.6 is 0 Å². The number of pyridine rings is 1. The molecule has 0 bridgehead atoms. The first-order valence-corrected chi connectivity index (χ1v) is 14.7. The topological polar surface area (TPSA) is 172 Å². The third kappa shape index (κ3) is 5.18. The summed E-state index contributed by atoms with van der Waals surface area (Å²) in [6.45, 7) is 7.57. The number of nitrogens with two attached hydrogens (primary N) is 1. The van der Waals surface area contributed by atoms with Gasteiger partial charge in [0, 0.05) is 18.2 Å². The Morgan fingerprint density at radius 2 is 1.85 bits per heavy atom. The van der Waals surface area contributed by atoms with Gasteiger partial charge in [0.05, 0.1) is 46.0 Å². The van der Waals surface area contributed by atoms with E-state index in [4.69, 9.17) is 10.7 Å². The van der Waals surface area contributed by atoms with Crippen molar-refractivity contribution in [3.05, 3.63) is 52.0 Å². The molecule has 12 nitrogen and oxygen atoms in total. The highest BCUT2D eigenvalue weighted by Gasteiger charge is 2.31. The lowest BCUT2D eigenvalue weighted by Crippen LogP contribution is -2.27. The van der Waals surface area contributed by atoms with E-state index in [9.17, 15) is 13.2 Å². The SMILES string of the molecule is CCc1nc(N)nc(C2CC2)c1-c1ncc2nc(NCc3ccc(S(=O)(=O)CC)cn3)c(=O)n(C(C)C)c2n1. The fourth-order valence-corrected chi connectivity index (χ4v) is 5.28. The minimum atomic E-state index is -3.34. The average molecular weight is 550 g/mol. The van der Waals surface area contributed by atoms with Crippen molar-refractivity contribution in [2.24, 2.45) is 0 Å². The van der Waals surface area contributed by atoms with E-state index >= 15 is 0 Å². The second-order valence-corrected chi connectivity index (χ2v) is 12.1. The zero-order chi connectivity index (χ0) is 27.9. The Kier molecular flexibility index (Phi) is 7.02. The second kappa shape index (κ2) is 10.3. The van der Waals surface area contributed by atoms with Gasteiger partial charge in [0.25, 0.3) is 5.56 Å². The van der Waals surface area contributed by atoms with Gasteiger partial charge in [-0.25, -0.2) is 33.3 Å². The van der Waals surface area contributed by atoms with Crippen molar-refractivity contribution in [2.75, 3.05) is 16.8 Å². The predicted octanol–water partition coefficient (Wildman–Crippen LogP) is 3.05.